The molecule has 1 aromatic carbocycles. The molecule has 0 bridgehead atoms. The number of ketones is 1. The zero-order chi connectivity index (χ0) is 15.5. The van der Waals surface area contributed by atoms with Crippen LogP contribution in [-0.2, 0) is 25.7 Å². The van der Waals surface area contributed by atoms with Gasteiger partial charge < -0.3 is 9.47 Å². The van der Waals surface area contributed by atoms with E-state index >= 15 is 0 Å². The molecule has 0 fully saturated rings. The summed E-state index contributed by atoms with van der Waals surface area (Å²) >= 11 is 0. The Morgan fingerprint density at radius 2 is 1.86 bits per heavy atom. The fourth-order valence-corrected chi connectivity index (χ4v) is 1.97. The van der Waals surface area contributed by atoms with Crippen molar-refractivity contribution in [2.24, 2.45) is 0 Å². The van der Waals surface area contributed by atoms with Crippen molar-refractivity contribution in [2.45, 2.75) is 52.2 Å². The Balaban J connectivity index is 2.02. The highest BCUT2D eigenvalue weighted by molar-refractivity contribution is 5.78. The van der Waals surface area contributed by atoms with Crippen LogP contribution in [0.25, 0.3) is 0 Å². The van der Waals surface area contributed by atoms with E-state index in [-0.39, 0.29) is 17.9 Å². The minimum atomic E-state index is -0.302. The van der Waals surface area contributed by atoms with Crippen LogP contribution in [0.4, 0.5) is 0 Å². The van der Waals surface area contributed by atoms with Crippen LogP contribution in [0, 0.1) is 0 Å². The molecule has 1 rings (SSSR count). The molecular formula is C17H24O4. The second-order valence-electron chi connectivity index (χ2n) is 5.14. The van der Waals surface area contributed by atoms with Gasteiger partial charge in [0.05, 0.1) is 12.7 Å². The van der Waals surface area contributed by atoms with E-state index in [1.807, 2.05) is 30.3 Å². The van der Waals surface area contributed by atoms with Gasteiger partial charge in [0.25, 0.3) is 0 Å². The summed E-state index contributed by atoms with van der Waals surface area (Å²) in [6.07, 6.45) is 2.09. The van der Waals surface area contributed by atoms with Crippen LogP contribution in [0.5, 0.6) is 0 Å². The Morgan fingerprint density at radius 3 is 2.52 bits per heavy atom. The first kappa shape index (κ1) is 17.4. The van der Waals surface area contributed by atoms with E-state index in [9.17, 15) is 9.59 Å². The van der Waals surface area contributed by atoms with E-state index in [4.69, 9.17) is 9.47 Å². The average molecular weight is 292 g/mol. The number of carbonyl (C=O) groups excluding carboxylic acids is 2. The maximum atomic E-state index is 11.7. The molecule has 0 aliphatic rings. The van der Waals surface area contributed by atoms with E-state index in [2.05, 4.69) is 0 Å². The van der Waals surface area contributed by atoms with Gasteiger partial charge in [-0.2, -0.15) is 0 Å². The third-order valence-electron chi connectivity index (χ3n) is 3.05. The molecule has 0 aliphatic carbocycles. The molecule has 1 aromatic rings. The molecule has 1 atom stereocenters. The van der Waals surface area contributed by atoms with Crippen molar-refractivity contribution in [1.29, 1.82) is 0 Å². The lowest BCUT2D eigenvalue weighted by Crippen LogP contribution is -2.14. The fraction of sp³-hybridized carbons (Fsp3) is 0.529. The summed E-state index contributed by atoms with van der Waals surface area (Å²) in [6.45, 7) is 4.35. The van der Waals surface area contributed by atoms with Gasteiger partial charge in [0.2, 0.25) is 0 Å². The van der Waals surface area contributed by atoms with Crippen LogP contribution in [0.15, 0.2) is 30.3 Å². The van der Waals surface area contributed by atoms with E-state index in [0.29, 0.717) is 32.5 Å². The Bertz CT molecular complexity index is 428. The molecule has 0 spiro atoms. The largest absolute Gasteiger partial charge is 0.463 e. The Kier molecular flexibility index (Phi) is 8.36. The number of hydrogen-bond donors (Lipinski definition) is 0. The second-order valence-corrected chi connectivity index (χ2v) is 5.14. The molecule has 0 amide bonds. The lowest BCUT2D eigenvalue weighted by molar-refractivity contribution is -0.146. The van der Waals surface area contributed by atoms with Crippen molar-refractivity contribution < 1.29 is 19.1 Å². The average Bonchev–Trinajstić information content (AvgIpc) is 2.45. The summed E-state index contributed by atoms with van der Waals surface area (Å²) in [5.41, 5.74) is 1.14. The van der Waals surface area contributed by atoms with Crippen molar-refractivity contribution in [1.82, 2.24) is 0 Å². The monoisotopic (exact) mass is 292 g/mol. The quantitative estimate of drug-likeness (QED) is 0.490. The Morgan fingerprint density at radius 1 is 1.14 bits per heavy atom. The molecule has 0 saturated carbocycles. The van der Waals surface area contributed by atoms with Gasteiger partial charge in [-0.05, 0) is 25.3 Å². The molecule has 0 aliphatic heterocycles. The first-order valence-corrected chi connectivity index (χ1v) is 7.38. The molecule has 0 radical (unpaired) electrons. The molecule has 0 aromatic heterocycles. The van der Waals surface area contributed by atoms with E-state index < -0.39 is 0 Å². The molecule has 21 heavy (non-hydrogen) atoms. The standard InChI is InChI=1S/C17H24O4/c1-14(21-15(2)18)10-11-17(19)9-6-12-20-13-16-7-4-3-5-8-16/h3-5,7-8,14H,6,9-13H2,1-2H3/t14-/m1/s1. The molecular weight excluding hydrogens is 268 g/mol. The first-order chi connectivity index (χ1) is 10.1. The van der Waals surface area contributed by atoms with E-state index in [1.165, 1.54) is 6.92 Å². The van der Waals surface area contributed by atoms with Crippen LogP contribution in [0.1, 0.15) is 45.1 Å². The molecule has 0 unspecified atom stereocenters. The summed E-state index contributed by atoms with van der Waals surface area (Å²) < 4.78 is 10.5. The molecule has 0 heterocycles. The van der Waals surface area contributed by atoms with Gasteiger partial charge in [-0.3, -0.25) is 9.59 Å². The summed E-state index contributed by atoms with van der Waals surface area (Å²) in [6, 6.07) is 9.96. The Hall–Kier alpha value is -1.68. The second kappa shape index (κ2) is 10.1. The van der Waals surface area contributed by atoms with Crippen LogP contribution < -0.4 is 0 Å². The highest BCUT2D eigenvalue weighted by Gasteiger charge is 2.09. The normalized spacial score (nSPS) is 11.9. The molecule has 0 saturated heterocycles. The lowest BCUT2D eigenvalue weighted by Gasteiger charge is -2.10. The lowest BCUT2D eigenvalue weighted by atomic mass is 10.1. The van der Waals surface area contributed by atoms with E-state index in [1.54, 1.807) is 6.92 Å². The number of benzene rings is 1. The number of carbonyl (C=O) groups is 2. The maximum Gasteiger partial charge on any atom is 0.302 e. The van der Waals surface area contributed by atoms with Gasteiger partial charge in [0.1, 0.15) is 5.78 Å². The maximum absolute atomic E-state index is 11.7. The number of Topliss-reactive ketones (excluding diaryl/α,β-unsaturated/α-hetero) is 1. The first-order valence-electron chi connectivity index (χ1n) is 7.38. The number of rotatable bonds is 10. The molecule has 4 heteroatoms. The van der Waals surface area contributed by atoms with Crippen molar-refractivity contribution in [3.8, 4) is 0 Å². The highest BCUT2D eigenvalue weighted by Crippen LogP contribution is 2.06. The van der Waals surface area contributed by atoms with Gasteiger partial charge in [0.15, 0.2) is 0 Å². The van der Waals surface area contributed by atoms with Crippen LogP contribution in [0.2, 0.25) is 0 Å². The van der Waals surface area contributed by atoms with E-state index in [0.717, 1.165) is 12.0 Å². The molecule has 116 valence electrons. The molecule has 0 N–H and O–H groups in total. The summed E-state index contributed by atoms with van der Waals surface area (Å²) in [5.74, 6) is -0.110. The van der Waals surface area contributed by atoms with Gasteiger partial charge in [-0.25, -0.2) is 0 Å². The minimum Gasteiger partial charge on any atom is -0.463 e. The fourth-order valence-electron chi connectivity index (χ4n) is 1.97. The van der Waals surface area contributed by atoms with Crippen LogP contribution in [-0.4, -0.2) is 24.5 Å². The highest BCUT2D eigenvalue weighted by atomic mass is 16.5. The van der Waals surface area contributed by atoms with Crippen LogP contribution in [0.3, 0.4) is 0 Å². The number of hydrogen-bond acceptors (Lipinski definition) is 4. The summed E-state index contributed by atoms with van der Waals surface area (Å²) in [7, 11) is 0. The number of esters is 1. The van der Waals surface area contributed by atoms with Crippen molar-refractivity contribution in [3.05, 3.63) is 35.9 Å². The summed E-state index contributed by atoms with van der Waals surface area (Å²) in [5, 5.41) is 0. The topological polar surface area (TPSA) is 52.6 Å². The predicted octanol–water partition coefficient (Wildman–Crippen LogP) is 3.28. The number of ether oxygens (including phenoxy) is 2. The minimum absolute atomic E-state index is 0.192. The molecule has 4 nitrogen and oxygen atoms in total. The van der Waals surface area contributed by atoms with Gasteiger partial charge in [0, 0.05) is 26.4 Å². The smallest absolute Gasteiger partial charge is 0.302 e. The van der Waals surface area contributed by atoms with Crippen molar-refractivity contribution >= 4 is 11.8 Å². The van der Waals surface area contributed by atoms with Crippen molar-refractivity contribution in [2.75, 3.05) is 6.61 Å². The predicted molar refractivity (Wildman–Crippen MR) is 80.8 cm³/mol. The zero-order valence-electron chi connectivity index (χ0n) is 12.8. The van der Waals surface area contributed by atoms with Gasteiger partial charge in [-0.15, -0.1) is 0 Å². The third kappa shape index (κ3) is 8.97. The summed E-state index contributed by atoms with van der Waals surface area (Å²) in [4.78, 5) is 22.4. The van der Waals surface area contributed by atoms with Crippen LogP contribution >= 0.6 is 0 Å². The van der Waals surface area contributed by atoms with Crippen molar-refractivity contribution in [3.63, 3.8) is 0 Å². The zero-order valence-corrected chi connectivity index (χ0v) is 12.8. The third-order valence-corrected chi connectivity index (χ3v) is 3.05. The van der Waals surface area contributed by atoms with Gasteiger partial charge in [-0.1, -0.05) is 30.3 Å². The Labute approximate surface area is 126 Å². The SMILES string of the molecule is CC(=O)O[C@H](C)CCC(=O)CCCOCc1ccccc1. The van der Waals surface area contributed by atoms with Gasteiger partial charge >= 0.3 is 5.97 Å².